The summed E-state index contributed by atoms with van der Waals surface area (Å²) in [6.07, 6.45) is 6.87. The Morgan fingerprint density at radius 3 is 2.70 bits per heavy atom. The van der Waals surface area contributed by atoms with Crippen molar-refractivity contribution in [1.29, 1.82) is 0 Å². The van der Waals surface area contributed by atoms with Gasteiger partial charge in [-0.25, -0.2) is 0 Å². The van der Waals surface area contributed by atoms with Crippen LogP contribution < -0.4 is 0 Å². The number of allylic oxidation sites excluding steroid dienone is 4. The predicted octanol–water partition coefficient (Wildman–Crippen LogP) is 1.80. The topological polar surface area (TPSA) is 94.8 Å². The first-order valence-corrected chi connectivity index (χ1v) is 10.1. The lowest BCUT2D eigenvalue weighted by molar-refractivity contribution is -0.180. The fraction of sp³-hybridized carbons (Fsp3) is 0.727. The van der Waals surface area contributed by atoms with Crippen molar-refractivity contribution < 1.29 is 24.9 Å². The van der Waals surface area contributed by atoms with Gasteiger partial charge in [-0.15, -0.1) is 0 Å². The van der Waals surface area contributed by atoms with Gasteiger partial charge in [0.2, 0.25) is 0 Å². The van der Waals surface area contributed by atoms with E-state index in [1.165, 1.54) is 0 Å². The van der Waals surface area contributed by atoms with E-state index in [1.807, 2.05) is 13.0 Å². The van der Waals surface area contributed by atoms with Crippen LogP contribution in [0, 0.1) is 34.5 Å². The lowest BCUT2D eigenvalue weighted by atomic mass is 9.45. The van der Waals surface area contributed by atoms with E-state index < -0.39 is 29.5 Å². The van der Waals surface area contributed by atoms with E-state index in [0.29, 0.717) is 12.8 Å². The highest BCUT2D eigenvalue weighted by Gasteiger charge is 2.68. The quantitative estimate of drug-likeness (QED) is 0.685. The van der Waals surface area contributed by atoms with E-state index in [-0.39, 0.29) is 34.9 Å². The zero-order chi connectivity index (χ0) is 19.8. The van der Waals surface area contributed by atoms with Gasteiger partial charge in [-0.1, -0.05) is 32.4 Å². The van der Waals surface area contributed by atoms with Gasteiger partial charge in [0.25, 0.3) is 0 Å². The molecule has 5 nitrogen and oxygen atoms in total. The molecular formula is C22H30O5. The molecule has 5 heteroatoms. The number of ketones is 2. The molecule has 4 aliphatic rings. The SMILES string of the molecule is C[C@H]1C[C@@H]2[C@H]([C@@H](O)CC3(C)[C@H]2CC[C@]3(O)C(=O)CO)C2(C)C=CC(=O)C=C12. The molecule has 0 bridgehead atoms. The maximum atomic E-state index is 12.4. The van der Waals surface area contributed by atoms with Gasteiger partial charge >= 0.3 is 0 Å². The molecule has 0 aliphatic heterocycles. The van der Waals surface area contributed by atoms with Crippen LogP contribution in [-0.2, 0) is 9.59 Å². The molecule has 3 saturated carbocycles. The number of hydrogen-bond donors (Lipinski definition) is 3. The van der Waals surface area contributed by atoms with Crippen LogP contribution in [0.15, 0.2) is 23.8 Å². The van der Waals surface area contributed by atoms with Crippen molar-refractivity contribution in [2.75, 3.05) is 6.61 Å². The molecule has 0 amide bonds. The van der Waals surface area contributed by atoms with Crippen LogP contribution in [0.25, 0.3) is 0 Å². The summed E-state index contributed by atoms with van der Waals surface area (Å²) in [5.74, 6) is -0.0768. The van der Waals surface area contributed by atoms with Crippen molar-refractivity contribution in [3.63, 3.8) is 0 Å². The molecule has 2 unspecified atom stereocenters. The molecule has 0 aromatic heterocycles. The molecule has 3 N–H and O–H groups in total. The third-order valence-electron chi connectivity index (χ3n) is 8.57. The highest BCUT2D eigenvalue weighted by Crippen LogP contribution is 2.67. The second-order valence-corrected chi connectivity index (χ2v) is 9.72. The number of carbonyl (C=O) groups excluding carboxylic acids is 2. The summed E-state index contributed by atoms with van der Waals surface area (Å²) in [6, 6.07) is 0. The molecular weight excluding hydrogens is 344 g/mol. The number of aliphatic hydroxyl groups is 3. The van der Waals surface area contributed by atoms with Crippen molar-refractivity contribution in [3.8, 4) is 0 Å². The highest BCUT2D eigenvalue weighted by molar-refractivity contribution is 6.01. The van der Waals surface area contributed by atoms with Gasteiger partial charge in [0, 0.05) is 16.7 Å². The maximum absolute atomic E-state index is 12.4. The summed E-state index contributed by atoms with van der Waals surface area (Å²) >= 11 is 0. The molecule has 27 heavy (non-hydrogen) atoms. The van der Waals surface area contributed by atoms with E-state index in [9.17, 15) is 24.9 Å². The Morgan fingerprint density at radius 2 is 2.04 bits per heavy atom. The van der Waals surface area contributed by atoms with E-state index in [0.717, 1.165) is 18.4 Å². The van der Waals surface area contributed by atoms with Crippen LogP contribution in [0.1, 0.15) is 46.5 Å². The van der Waals surface area contributed by atoms with Crippen molar-refractivity contribution in [3.05, 3.63) is 23.8 Å². The molecule has 4 aliphatic carbocycles. The zero-order valence-electron chi connectivity index (χ0n) is 16.3. The Morgan fingerprint density at radius 1 is 1.33 bits per heavy atom. The Bertz CT molecular complexity index is 754. The number of rotatable bonds is 2. The van der Waals surface area contributed by atoms with Gasteiger partial charge in [-0.3, -0.25) is 9.59 Å². The summed E-state index contributed by atoms with van der Waals surface area (Å²) in [5.41, 5.74) is -1.59. The Balaban J connectivity index is 1.78. The van der Waals surface area contributed by atoms with E-state index >= 15 is 0 Å². The summed E-state index contributed by atoms with van der Waals surface area (Å²) in [5, 5.41) is 31.9. The van der Waals surface area contributed by atoms with Gasteiger partial charge in [-0.05, 0) is 55.6 Å². The maximum Gasteiger partial charge on any atom is 0.190 e. The fourth-order valence-electron chi connectivity index (χ4n) is 7.34. The first kappa shape index (κ1) is 19.0. The molecule has 4 rings (SSSR count). The molecule has 0 heterocycles. The third kappa shape index (κ3) is 2.28. The average Bonchev–Trinajstić information content (AvgIpc) is 2.87. The van der Waals surface area contributed by atoms with Crippen LogP contribution in [0.5, 0.6) is 0 Å². The Kier molecular flexibility index (Phi) is 4.12. The summed E-state index contributed by atoms with van der Waals surface area (Å²) in [7, 11) is 0. The van der Waals surface area contributed by atoms with Gasteiger partial charge in [0.15, 0.2) is 11.6 Å². The smallest absolute Gasteiger partial charge is 0.190 e. The second kappa shape index (κ2) is 5.85. The molecule has 0 spiro atoms. The van der Waals surface area contributed by atoms with E-state index in [2.05, 4.69) is 13.8 Å². The average molecular weight is 374 g/mol. The minimum absolute atomic E-state index is 0.00620. The lowest BCUT2D eigenvalue weighted by Crippen LogP contribution is -2.62. The van der Waals surface area contributed by atoms with Crippen molar-refractivity contribution in [2.24, 2.45) is 34.5 Å². The first-order chi connectivity index (χ1) is 12.6. The molecule has 8 atom stereocenters. The standard InChI is InChI=1S/C22H30O5/c1-12-8-14-15-5-7-22(27,18(26)11-23)21(15,3)10-17(25)19(14)20(2)6-4-13(24)9-16(12)20/h4,6,9,12,14-15,17,19,23,25,27H,5,7-8,10-11H2,1-3H3/t12-,14-,15-,17-,19+,20?,21?,22-/m0/s1. The highest BCUT2D eigenvalue weighted by atomic mass is 16.3. The minimum Gasteiger partial charge on any atom is -0.393 e. The van der Waals surface area contributed by atoms with Crippen molar-refractivity contribution >= 4 is 11.6 Å². The Labute approximate surface area is 160 Å². The third-order valence-corrected chi connectivity index (χ3v) is 8.57. The van der Waals surface area contributed by atoms with Gasteiger partial charge < -0.3 is 15.3 Å². The normalized spacial score (nSPS) is 51.3. The van der Waals surface area contributed by atoms with Crippen molar-refractivity contribution in [2.45, 2.75) is 58.2 Å². The van der Waals surface area contributed by atoms with Crippen LogP contribution in [-0.4, -0.2) is 45.2 Å². The second-order valence-electron chi connectivity index (χ2n) is 9.72. The van der Waals surface area contributed by atoms with E-state index in [1.54, 1.807) is 12.2 Å². The number of fused-ring (bicyclic) bond motifs is 5. The molecule has 0 radical (unpaired) electrons. The molecule has 148 valence electrons. The number of aliphatic hydroxyl groups excluding tert-OH is 2. The van der Waals surface area contributed by atoms with Crippen LogP contribution >= 0.6 is 0 Å². The van der Waals surface area contributed by atoms with Crippen LogP contribution in [0.2, 0.25) is 0 Å². The van der Waals surface area contributed by atoms with Crippen LogP contribution in [0.3, 0.4) is 0 Å². The fourth-order valence-corrected chi connectivity index (χ4v) is 7.34. The number of Topliss-reactive ketones (excluding diaryl/α,β-unsaturated/α-hetero) is 1. The van der Waals surface area contributed by atoms with Gasteiger partial charge in [0.05, 0.1) is 6.10 Å². The Hall–Kier alpha value is -1.30. The van der Waals surface area contributed by atoms with Gasteiger partial charge in [0.1, 0.15) is 12.2 Å². The summed E-state index contributed by atoms with van der Waals surface area (Å²) in [4.78, 5) is 24.4. The van der Waals surface area contributed by atoms with Crippen molar-refractivity contribution in [1.82, 2.24) is 0 Å². The zero-order valence-corrected chi connectivity index (χ0v) is 16.3. The largest absolute Gasteiger partial charge is 0.393 e. The molecule has 0 aromatic carbocycles. The number of hydrogen-bond acceptors (Lipinski definition) is 5. The minimum atomic E-state index is -1.57. The van der Waals surface area contributed by atoms with Crippen LogP contribution in [0.4, 0.5) is 0 Å². The predicted molar refractivity (Wildman–Crippen MR) is 99.6 cm³/mol. The lowest BCUT2D eigenvalue weighted by Gasteiger charge is -2.60. The van der Waals surface area contributed by atoms with E-state index in [4.69, 9.17) is 0 Å². The molecule has 0 saturated heterocycles. The monoisotopic (exact) mass is 374 g/mol. The molecule has 3 fully saturated rings. The number of carbonyl (C=O) groups is 2. The summed E-state index contributed by atoms with van der Waals surface area (Å²) in [6.45, 7) is 5.48. The summed E-state index contributed by atoms with van der Waals surface area (Å²) < 4.78 is 0. The first-order valence-electron chi connectivity index (χ1n) is 10.1. The molecule has 0 aromatic rings. The van der Waals surface area contributed by atoms with Gasteiger partial charge in [-0.2, -0.15) is 0 Å².